The van der Waals surface area contributed by atoms with Crippen molar-refractivity contribution in [3.63, 3.8) is 0 Å². The summed E-state index contributed by atoms with van der Waals surface area (Å²) in [6.07, 6.45) is 3.51. The van der Waals surface area contributed by atoms with E-state index < -0.39 is 0 Å². The molecule has 1 aromatic heterocycles. The Morgan fingerprint density at radius 1 is 1.29 bits per heavy atom. The Labute approximate surface area is 139 Å². The van der Waals surface area contributed by atoms with Gasteiger partial charge in [0.05, 0.1) is 0 Å². The second-order valence-electron chi connectivity index (χ2n) is 6.23. The summed E-state index contributed by atoms with van der Waals surface area (Å²) < 4.78 is 1.69. The molecular weight excluding hydrogens is 306 g/mol. The average molecular weight is 325 g/mol. The third-order valence-electron chi connectivity index (χ3n) is 4.55. The Kier molecular flexibility index (Phi) is 3.48. The molecule has 2 aliphatic rings. The predicted molar refractivity (Wildman–Crippen MR) is 89.8 cm³/mol. The highest BCUT2D eigenvalue weighted by Crippen LogP contribution is 2.24. The van der Waals surface area contributed by atoms with Crippen LogP contribution < -0.4 is 15.5 Å². The summed E-state index contributed by atoms with van der Waals surface area (Å²) in [6.45, 7) is 1.25. The van der Waals surface area contributed by atoms with Gasteiger partial charge in [0.25, 0.3) is 11.8 Å². The largest absolute Gasteiger partial charge is 0.374 e. The molecule has 1 fully saturated rings. The third-order valence-corrected chi connectivity index (χ3v) is 4.55. The fourth-order valence-corrected chi connectivity index (χ4v) is 3.29. The van der Waals surface area contributed by atoms with E-state index in [9.17, 15) is 9.59 Å². The molecule has 124 valence electrons. The van der Waals surface area contributed by atoms with Crippen molar-refractivity contribution in [1.82, 2.24) is 15.1 Å². The molecule has 1 saturated heterocycles. The van der Waals surface area contributed by atoms with Gasteiger partial charge in [-0.05, 0) is 30.5 Å². The van der Waals surface area contributed by atoms with Gasteiger partial charge in [0, 0.05) is 43.7 Å². The van der Waals surface area contributed by atoms with Crippen molar-refractivity contribution in [3.8, 4) is 0 Å². The molecule has 0 spiro atoms. The first-order valence-electron chi connectivity index (χ1n) is 8.10. The van der Waals surface area contributed by atoms with Crippen LogP contribution in [-0.4, -0.2) is 34.2 Å². The molecule has 0 aliphatic carbocycles. The molecule has 2 amide bonds. The number of rotatable bonds is 3. The van der Waals surface area contributed by atoms with E-state index in [1.54, 1.807) is 9.58 Å². The Balaban J connectivity index is 1.53. The van der Waals surface area contributed by atoms with Crippen molar-refractivity contribution in [2.45, 2.75) is 25.4 Å². The number of fused-ring (bicyclic) bond motifs is 1. The number of hydrogen-bond donors (Lipinski definition) is 2. The molecule has 0 saturated carbocycles. The Hall–Kier alpha value is -2.83. The molecule has 1 unspecified atom stereocenters. The number of aryl methyl sites for hydroxylation is 1. The molecular formula is C17H19N5O2. The highest BCUT2D eigenvalue weighted by atomic mass is 16.2. The van der Waals surface area contributed by atoms with Gasteiger partial charge in [-0.15, -0.1) is 0 Å². The first kappa shape index (κ1) is 14.7. The fraction of sp³-hybridized carbons (Fsp3) is 0.353. The van der Waals surface area contributed by atoms with Crippen molar-refractivity contribution < 1.29 is 9.59 Å². The van der Waals surface area contributed by atoms with Crippen LogP contribution in [0, 0.1) is 0 Å². The minimum absolute atomic E-state index is 0.0184. The molecule has 24 heavy (non-hydrogen) atoms. The number of benzene rings is 1. The van der Waals surface area contributed by atoms with Gasteiger partial charge in [-0.25, -0.2) is 0 Å². The zero-order chi connectivity index (χ0) is 16.7. The maximum Gasteiger partial charge on any atom is 0.251 e. The van der Waals surface area contributed by atoms with E-state index in [1.165, 1.54) is 0 Å². The van der Waals surface area contributed by atoms with Gasteiger partial charge in [0.2, 0.25) is 0 Å². The number of anilines is 2. The number of piperidine rings is 1. The topological polar surface area (TPSA) is 79.3 Å². The van der Waals surface area contributed by atoms with Crippen LogP contribution >= 0.6 is 0 Å². The van der Waals surface area contributed by atoms with Gasteiger partial charge in [0.15, 0.2) is 5.82 Å². The fourth-order valence-electron chi connectivity index (χ4n) is 3.29. The molecule has 7 nitrogen and oxygen atoms in total. The van der Waals surface area contributed by atoms with Crippen LogP contribution in [0.3, 0.4) is 0 Å². The van der Waals surface area contributed by atoms with E-state index in [0.29, 0.717) is 24.5 Å². The lowest BCUT2D eigenvalue weighted by Gasteiger charge is -2.31. The molecule has 1 atom stereocenters. The second kappa shape index (κ2) is 5.67. The van der Waals surface area contributed by atoms with Crippen molar-refractivity contribution in [2.75, 3.05) is 16.8 Å². The maximum atomic E-state index is 12.8. The zero-order valence-corrected chi connectivity index (χ0v) is 13.5. The Morgan fingerprint density at radius 3 is 2.96 bits per heavy atom. The number of aromatic nitrogens is 2. The summed E-state index contributed by atoms with van der Waals surface area (Å²) >= 11 is 0. The first-order valence-corrected chi connectivity index (χ1v) is 8.10. The number of hydrogen-bond acceptors (Lipinski definition) is 4. The molecule has 2 aromatic rings. The van der Waals surface area contributed by atoms with E-state index in [-0.39, 0.29) is 17.9 Å². The number of nitrogens with zero attached hydrogens (tertiary/aromatic N) is 3. The van der Waals surface area contributed by atoms with Gasteiger partial charge >= 0.3 is 0 Å². The van der Waals surface area contributed by atoms with Crippen LogP contribution in [0.25, 0.3) is 0 Å². The normalized spacial score (nSPS) is 20.0. The van der Waals surface area contributed by atoms with Crippen LogP contribution in [0.2, 0.25) is 0 Å². The van der Waals surface area contributed by atoms with Crippen LogP contribution in [0.15, 0.2) is 30.5 Å². The van der Waals surface area contributed by atoms with E-state index in [4.69, 9.17) is 0 Å². The second-order valence-corrected chi connectivity index (χ2v) is 6.23. The van der Waals surface area contributed by atoms with Crippen LogP contribution in [-0.2, 0) is 18.4 Å². The zero-order valence-electron chi connectivity index (χ0n) is 13.5. The van der Waals surface area contributed by atoms with Crippen LogP contribution in [0.5, 0.6) is 0 Å². The molecule has 2 N–H and O–H groups in total. The van der Waals surface area contributed by atoms with E-state index >= 15 is 0 Å². The smallest absolute Gasteiger partial charge is 0.251 e. The monoisotopic (exact) mass is 325 g/mol. The molecule has 1 aromatic carbocycles. The number of nitrogens with one attached hydrogen (secondary N) is 2. The molecule has 7 heteroatoms. The highest BCUT2D eigenvalue weighted by molar-refractivity contribution is 6.00. The van der Waals surface area contributed by atoms with E-state index in [1.807, 2.05) is 37.5 Å². The summed E-state index contributed by atoms with van der Waals surface area (Å²) in [4.78, 5) is 26.3. The molecule has 4 rings (SSSR count). The molecule has 3 heterocycles. The van der Waals surface area contributed by atoms with Gasteiger partial charge in [0.1, 0.15) is 6.04 Å². The average Bonchev–Trinajstić information content (AvgIpc) is 3.16. The summed E-state index contributed by atoms with van der Waals surface area (Å²) in [5.74, 6) is 0.644. The van der Waals surface area contributed by atoms with Gasteiger partial charge < -0.3 is 10.6 Å². The highest BCUT2D eigenvalue weighted by Gasteiger charge is 2.31. The lowest BCUT2D eigenvalue weighted by Crippen LogP contribution is -2.48. The lowest BCUT2D eigenvalue weighted by molar-refractivity contribution is -0.120. The summed E-state index contributed by atoms with van der Waals surface area (Å²) in [5.41, 5.74) is 2.48. The third kappa shape index (κ3) is 2.51. The minimum atomic E-state index is -0.303. The SMILES string of the molecule is Cn1ccc(N2CCCC(Nc3ccc4c(c3)C(=O)NC4)C2=O)n1. The van der Waals surface area contributed by atoms with Crippen molar-refractivity contribution in [2.24, 2.45) is 7.05 Å². The number of amides is 2. The summed E-state index contributed by atoms with van der Waals surface area (Å²) in [7, 11) is 1.84. The first-order chi connectivity index (χ1) is 11.6. The predicted octanol–water partition coefficient (Wildman–Crippen LogP) is 1.27. The van der Waals surface area contributed by atoms with E-state index in [2.05, 4.69) is 15.7 Å². The quantitative estimate of drug-likeness (QED) is 0.891. The van der Waals surface area contributed by atoms with Crippen LogP contribution in [0.1, 0.15) is 28.8 Å². The molecule has 0 radical (unpaired) electrons. The Bertz CT molecular complexity index is 813. The van der Waals surface area contributed by atoms with Crippen molar-refractivity contribution in [1.29, 1.82) is 0 Å². The number of carbonyl (C=O) groups is 2. The lowest BCUT2D eigenvalue weighted by atomic mass is 10.0. The van der Waals surface area contributed by atoms with E-state index in [0.717, 1.165) is 24.1 Å². The summed E-state index contributed by atoms with van der Waals surface area (Å²) in [6, 6.07) is 7.22. The minimum Gasteiger partial charge on any atom is -0.374 e. The standard InChI is InChI=1S/C17H19N5O2/c1-21-8-6-15(20-21)22-7-2-3-14(17(22)24)19-12-5-4-11-10-18-16(23)13(11)9-12/h4-6,8-9,14,19H,2-3,7,10H2,1H3,(H,18,23). The van der Waals surface area contributed by atoms with Crippen molar-refractivity contribution >= 4 is 23.3 Å². The van der Waals surface area contributed by atoms with Crippen molar-refractivity contribution in [3.05, 3.63) is 41.6 Å². The number of carbonyl (C=O) groups excluding carboxylic acids is 2. The molecule has 2 aliphatic heterocycles. The summed E-state index contributed by atoms with van der Waals surface area (Å²) in [5, 5.41) is 10.4. The maximum absolute atomic E-state index is 12.8. The Morgan fingerprint density at radius 2 is 2.17 bits per heavy atom. The van der Waals surface area contributed by atoms with Crippen LogP contribution in [0.4, 0.5) is 11.5 Å². The van der Waals surface area contributed by atoms with Gasteiger partial charge in [-0.1, -0.05) is 6.07 Å². The van der Waals surface area contributed by atoms with Gasteiger partial charge in [-0.3, -0.25) is 19.2 Å². The molecule has 0 bridgehead atoms. The van der Waals surface area contributed by atoms with Gasteiger partial charge in [-0.2, -0.15) is 5.10 Å².